The standard InChI is InChI=1S/C15H28N2O2/c1-4-16-15(14(18)19)7-5-13(9-15)17-8-6-11(2)12(3)10-17/h11-13,16H,4-10H2,1-3H3,(H,18,19). The van der Waals surface area contributed by atoms with E-state index in [1.54, 1.807) is 0 Å². The predicted molar refractivity (Wildman–Crippen MR) is 76.2 cm³/mol. The zero-order valence-electron chi connectivity index (χ0n) is 12.5. The Balaban J connectivity index is 1.99. The minimum atomic E-state index is -0.675. The van der Waals surface area contributed by atoms with Gasteiger partial charge in [0.05, 0.1) is 0 Å². The van der Waals surface area contributed by atoms with E-state index in [0.29, 0.717) is 6.04 Å². The second-order valence-electron chi connectivity index (χ2n) is 6.55. The fraction of sp³-hybridized carbons (Fsp3) is 0.933. The smallest absolute Gasteiger partial charge is 0.323 e. The summed E-state index contributed by atoms with van der Waals surface area (Å²) >= 11 is 0. The summed E-state index contributed by atoms with van der Waals surface area (Å²) in [5.74, 6) is 0.860. The maximum Gasteiger partial charge on any atom is 0.323 e. The van der Waals surface area contributed by atoms with E-state index < -0.39 is 11.5 Å². The highest BCUT2D eigenvalue weighted by Gasteiger charge is 2.47. The number of carbonyl (C=O) groups is 1. The highest BCUT2D eigenvalue weighted by molar-refractivity contribution is 5.79. The van der Waals surface area contributed by atoms with Crippen molar-refractivity contribution in [1.82, 2.24) is 10.2 Å². The van der Waals surface area contributed by atoms with Gasteiger partial charge in [0.25, 0.3) is 0 Å². The number of carboxylic acid groups (broad SMARTS) is 1. The lowest BCUT2D eigenvalue weighted by molar-refractivity contribution is -0.144. The van der Waals surface area contributed by atoms with E-state index in [-0.39, 0.29) is 0 Å². The Bertz CT molecular complexity index is 334. The average Bonchev–Trinajstić information content (AvgIpc) is 2.79. The molecular weight excluding hydrogens is 240 g/mol. The quantitative estimate of drug-likeness (QED) is 0.818. The molecule has 4 unspecified atom stereocenters. The van der Waals surface area contributed by atoms with Gasteiger partial charge in [0.15, 0.2) is 0 Å². The van der Waals surface area contributed by atoms with Crippen LogP contribution in [-0.4, -0.2) is 47.2 Å². The molecule has 0 aromatic heterocycles. The first kappa shape index (κ1) is 14.8. The molecule has 1 saturated heterocycles. The van der Waals surface area contributed by atoms with Crippen LogP contribution in [0.25, 0.3) is 0 Å². The second-order valence-corrected chi connectivity index (χ2v) is 6.55. The van der Waals surface area contributed by atoms with Crippen molar-refractivity contribution in [2.24, 2.45) is 11.8 Å². The van der Waals surface area contributed by atoms with Crippen LogP contribution in [0.2, 0.25) is 0 Å². The molecule has 2 N–H and O–H groups in total. The molecule has 2 aliphatic rings. The lowest BCUT2D eigenvalue weighted by atomic mass is 9.87. The lowest BCUT2D eigenvalue weighted by Crippen LogP contribution is -2.52. The average molecular weight is 268 g/mol. The van der Waals surface area contributed by atoms with Gasteiger partial charge in [0.1, 0.15) is 5.54 Å². The van der Waals surface area contributed by atoms with Gasteiger partial charge in [0, 0.05) is 12.6 Å². The van der Waals surface area contributed by atoms with Gasteiger partial charge in [-0.25, -0.2) is 0 Å². The number of rotatable bonds is 4. The zero-order valence-corrected chi connectivity index (χ0v) is 12.5. The van der Waals surface area contributed by atoms with Gasteiger partial charge in [-0.15, -0.1) is 0 Å². The summed E-state index contributed by atoms with van der Waals surface area (Å²) in [6, 6.07) is 0.449. The molecule has 1 saturated carbocycles. The van der Waals surface area contributed by atoms with Crippen molar-refractivity contribution in [3.8, 4) is 0 Å². The van der Waals surface area contributed by atoms with E-state index in [1.807, 2.05) is 6.92 Å². The molecular formula is C15H28N2O2. The highest BCUT2D eigenvalue weighted by Crippen LogP contribution is 2.36. The molecule has 1 aliphatic heterocycles. The summed E-state index contributed by atoms with van der Waals surface area (Å²) in [6.07, 6.45) is 3.79. The third kappa shape index (κ3) is 2.95. The number of carboxylic acids is 1. The van der Waals surface area contributed by atoms with Crippen LogP contribution in [0.4, 0.5) is 0 Å². The Morgan fingerprint density at radius 1 is 1.37 bits per heavy atom. The molecule has 0 radical (unpaired) electrons. The molecule has 2 rings (SSSR count). The number of hydrogen-bond donors (Lipinski definition) is 2. The van der Waals surface area contributed by atoms with Crippen LogP contribution in [0.3, 0.4) is 0 Å². The minimum absolute atomic E-state index is 0.449. The largest absolute Gasteiger partial charge is 0.480 e. The van der Waals surface area contributed by atoms with Crippen molar-refractivity contribution >= 4 is 5.97 Å². The van der Waals surface area contributed by atoms with Crippen LogP contribution in [0.5, 0.6) is 0 Å². The Morgan fingerprint density at radius 3 is 2.68 bits per heavy atom. The first-order valence-corrected chi connectivity index (χ1v) is 7.71. The molecule has 4 atom stereocenters. The van der Waals surface area contributed by atoms with Crippen molar-refractivity contribution in [3.63, 3.8) is 0 Å². The fourth-order valence-electron chi connectivity index (χ4n) is 3.73. The number of nitrogens with zero attached hydrogens (tertiary/aromatic N) is 1. The summed E-state index contributed by atoms with van der Waals surface area (Å²) in [6.45, 7) is 9.64. The topological polar surface area (TPSA) is 52.6 Å². The minimum Gasteiger partial charge on any atom is -0.480 e. The van der Waals surface area contributed by atoms with Crippen molar-refractivity contribution in [1.29, 1.82) is 0 Å². The number of likely N-dealkylation sites (N-methyl/N-ethyl adjacent to an activating group) is 1. The zero-order chi connectivity index (χ0) is 14.0. The van der Waals surface area contributed by atoms with E-state index in [1.165, 1.54) is 6.42 Å². The van der Waals surface area contributed by atoms with Crippen LogP contribution >= 0.6 is 0 Å². The lowest BCUT2D eigenvalue weighted by Gasteiger charge is -2.39. The molecule has 19 heavy (non-hydrogen) atoms. The van der Waals surface area contributed by atoms with Crippen LogP contribution in [-0.2, 0) is 4.79 Å². The first-order valence-electron chi connectivity index (χ1n) is 7.71. The van der Waals surface area contributed by atoms with E-state index in [4.69, 9.17) is 0 Å². The fourth-order valence-corrected chi connectivity index (χ4v) is 3.73. The van der Waals surface area contributed by atoms with Crippen molar-refractivity contribution in [3.05, 3.63) is 0 Å². The maximum atomic E-state index is 11.6. The molecule has 110 valence electrons. The predicted octanol–water partition coefficient (Wildman–Crippen LogP) is 1.95. The van der Waals surface area contributed by atoms with Gasteiger partial charge < -0.3 is 15.3 Å². The summed E-state index contributed by atoms with van der Waals surface area (Å²) < 4.78 is 0. The van der Waals surface area contributed by atoms with Crippen LogP contribution < -0.4 is 5.32 Å². The number of nitrogens with one attached hydrogen (secondary N) is 1. The third-order valence-electron chi connectivity index (χ3n) is 5.29. The van der Waals surface area contributed by atoms with Crippen LogP contribution in [0.15, 0.2) is 0 Å². The maximum absolute atomic E-state index is 11.6. The molecule has 0 amide bonds. The number of aliphatic carboxylic acids is 1. The normalized spacial score (nSPS) is 40.5. The molecule has 0 aromatic rings. The van der Waals surface area contributed by atoms with E-state index >= 15 is 0 Å². The van der Waals surface area contributed by atoms with Crippen LogP contribution in [0, 0.1) is 11.8 Å². The van der Waals surface area contributed by atoms with E-state index in [9.17, 15) is 9.90 Å². The summed E-state index contributed by atoms with van der Waals surface area (Å²) in [4.78, 5) is 14.1. The Morgan fingerprint density at radius 2 is 2.11 bits per heavy atom. The van der Waals surface area contributed by atoms with Crippen molar-refractivity contribution < 1.29 is 9.90 Å². The molecule has 4 heteroatoms. The monoisotopic (exact) mass is 268 g/mol. The number of piperidine rings is 1. The molecule has 1 aliphatic carbocycles. The van der Waals surface area contributed by atoms with Crippen molar-refractivity contribution in [2.75, 3.05) is 19.6 Å². The third-order valence-corrected chi connectivity index (χ3v) is 5.29. The molecule has 0 bridgehead atoms. The Labute approximate surface area is 116 Å². The van der Waals surface area contributed by atoms with E-state index in [0.717, 1.165) is 50.7 Å². The summed E-state index contributed by atoms with van der Waals surface area (Å²) in [7, 11) is 0. The highest BCUT2D eigenvalue weighted by atomic mass is 16.4. The number of likely N-dealkylation sites (tertiary alicyclic amines) is 1. The van der Waals surface area contributed by atoms with Gasteiger partial charge in [-0.05, 0) is 50.6 Å². The van der Waals surface area contributed by atoms with Gasteiger partial charge >= 0.3 is 5.97 Å². The molecule has 4 nitrogen and oxygen atoms in total. The van der Waals surface area contributed by atoms with Gasteiger partial charge in [-0.1, -0.05) is 20.8 Å². The number of hydrogen-bond acceptors (Lipinski definition) is 3. The Kier molecular flexibility index (Phi) is 4.51. The molecule has 1 heterocycles. The van der Waals surface area contributed by atoms with Gasteiger partial charge in [0.2, 0.25) is 0 Å². The summed E-state index contributed by atoms with van der Waals surface area (Å²) in [5, 5.41) is 12.7. The van der Waals surface area contributed by atoms with Gasteiger partial charge in [-0.3, -0.25) is 4.79 Å². The van der Waals surface area contributed by atoms with Gasteiger partial charge in [-0.2, -0.15) is 0 Å². The SMILES string of the molecule is CCNC1(C(=O)O)CCC(N2CCC(C)C(C)C2)C1. The molecule has 2 fully saturated rings. The van der Waals surface area contributed by atoms with Crippen molar-refractivity contribution in [2.45, 2.75) is 58.0 Å². The molecule has 0 spiro atoms. The summed E-state index contributed by atoms with van der Waals surface area (Å²) in [5.41, 5.74) is -0.675. The van der Waals surface area contributed by atoms with E-state index in [2.05, 4.69) is 24.1 Å². The first-order chi connectivity index (χ1) is 8.98. The molecule has 0 aromatic carbocycles. The Hall–Kier alpha value is -0.610. The second kappa shape index (κ2) is 5.80. The van der Waals surface area contributed by atoms with Crippen LogP contribution in [0.1, 0.15) is 46.5 Å².